The first-order valence-corrected chi connectivity index (χ1v) is 31.2. The Kier molecular flexibility index (Phi) is 24.5. The lowest BCUT2D eigenvalue weighted by Crippen LogP contribution is -2.57. The van der Waals surface area contributed by atoms with Gasteiger partial charge in [0.25, 0.3) is 0 Å². The number of ether oxygens (including phenoxy) is 6. The summed E-state index contributed by atoms with van der Waals surface area (Å²) in [4.78, 5) is 87.3. The Morgan fingerprint density at radius 2 is 1.49 bits per heavy atom. The standard InChI is InChI=1S/C69H89N3O13S/c1-11-56(52-37-47(5)63(81-10)61(39-52)80-9)66(77)71-31-13-12-19-57(71)68(79)85-60(29-25-49-21-20-44(2)46(4)36-49)51-16-14-18-55(38-51)84-42-53(73)17-15-32-82-33-34-83-43-62(76)70-65(69(6,7)8)67(78)72-41-54(74)40-58(72)59(75)28-24-48-22-26-50(27-23-48)64-45(3)30-35-86-64/h14,16,18,20-23,26-27,30,35-39,54,56-58,60,65,74H,11-13,15,17,19,24-25,28-29,31-34,40-43H2,1-10H3,(H,70,76)/t54-,56+,57+,58+,60-,65-/m1/s1. The third-order valence-corrected chi connectivity index (χ3v) is 17.5. The number of β-amino-alcohol motifs (C(OH)–C–C–N with tert-alkyl or cyclic N) is 1. The van der Waals surface area contributed by atoms with Crippen LogP contribution in [0.15, 0.2) is 90.3 Å². The van der Waals surface area contributed by atoms with E-state index in [1.807, 2.05) is 71.0 Å². The van der Waals surface area contributed by atoms with Crippen molar-refractivity contribution in [2.75, 3.05) is 60.3 Å². The molecule has 7 rings (SSSR count). The van der Waals surface area contributed by atoms with Crippen LogP contribution in [0.5, 0.6) is 17.2 Å². The lowest BCUT2D eigenvalue weighted by Gasteiger charge is -2.37. The van der Waals surface area contributed by atoms with E-state index in [0.29, 0.717) is 67.9 Å². The van der Waals surface area contributed by atoms with Crippen LogP contribution >= 0.6 is 11.3 Å². The van der Waals surface area contributed by atoms with Crippen LogP contribution in [0.2, 0.25) is 0 Å². The number of piperidine rings is 1. The van der Waals surface area contributed by atoms with Crippen molar-refractivity contribution < 1.29 is 62.3 Å². The second-order valence-electron chi connectivity index (χ2n) is 24.0. The largest absolute Gasteiger partial charge is 0.493 e. The summed E-state index contributed by atoms with van der Waals surface area (Å²) in [6.07, 6.45) is 3.61. The second kappa shape index (κ2) is 31.6. The number of esters is 1. The van der Waals surface area contributed by atoms with Gasteiger partial charge in [0.2, 0.25) is 17.7 Å². The van der Waals surface area contributed by atoms with Gasteiger partial charge in [-0.2, -0.15) is 0 Å². The van der Waals surface area contributed by atoms with Gasteiger partial charge in [-0.3, -0.25) is 24.0 Å². The Hall–Kier alpha value is -6.92. The lowest BCUT2D eigenvalue weighted by molar-refractivity contribution is -0.162. The molecule has 17 heteroatoms. The van der Waals surface area contributed by atoms with Gasteiger partial charge in [0.15, 0.2) is 23.1 Å². The number of nitrogens with one attached hydrogen (secondary N) is 1. The number of hydrogen-bond acceptors (Lipinski definition) is 14. The third-order valence-electron chi connectivity index (χ3n) is 16.4. The number of nitrogens with zero attached hydrogens (tertiary/aromatic N) is 2. The smallest absolute Gasteiger partial charge is 0.329 e. The summed E-state index contributed by atoms with van der Waals surface area (Å²) in [5.41, 5.74) is 8.45. The van der Waals surface area contributed by atoms with Crippen LogP contribution in [-0.4, -0.2) is 135 Å². The Labute approximate surface area is 512 Å². The summed E-state index contributed by atoms with van der Waals surface area (Å²) >= 11 is 1.69. The van der Waals surface area contributed by atoms with Gasteiger partial charge in [-0.05, 0) is 164 Å². The molecule has 0 unspecified atom stereocenters. The number of thiophene rings is 1. The molecule has 0 spiro atoms. The van der Waals surface area contributed by atoms with E-state index in [0.717, 1.165) is 40.7 Å². The molecule has 16 nitrogen and oxygen atoms in total. The third kappa shape index (κ3) is 18.1. The first kappa shape index (κ1) is 66.6. The molecule has 3 amide bonds. The zero-order valence-corrected chi connectivity index (χ0v) is 52.8. The average Bonchev–Trinajstić information content (AvgIpc) is 2.52. The fourth-order valence-electron chi connectivity index (χ4n) is 11.4. The molecule has 0 aliphatic carbocycles. The van der Waals surface area contributed by atoms with Gasteiger partial charge in [0.1, 0.15) is 37.2 Å². The molecular weight excluding hydrogens is 1110 g/mol. The van der Waals surface area contributed by atoms with E-state index in [1.54, 1.807) is 42.6 Å². The van der Waals surface area contributed by atoms with Gasteiger partial charge in [0.05, 0.1) is 45.5 Å². The summed E-state index contributed by atoms with van der Waals surface area (Å²) in [7, 11) is 3.16. The van der Waals surface area contributed by atoms with Gasteiger partial charge in [-0.1, -0.05) is 88.4 Å². The van der Waals surface area contributed by atoms with Crippen LogP contribution in [0.3, 0.4) is 0 Å². The molecule has 4 aromatic carbocycles. The minimum Gasteiger partial charge on any atom is -0.493 e. The predicted octanol–water partition coefficient (Wildman–Crippen LogP) is 10.9. The van der Waals surface area contributed by atoms with E-state index in [9.17, 15) is 33.9 Å². The van der Waals surface area contributed by atoms with Crippen molar-refractivity contribution in [3.8, 4) is 27.7 Å². The maximum absolute atomic E-state index is 14.5. The number of methoxy groups -OCH3 is 2. The van der Waals surface area contributed by atoms with Crippen LogP contribution in [0.1, 0.15) is 142 Å². The van der Waals surface area contributed by atoms with Crippen LogP contribution in [-0.2, 0) is 55.8 Å². The molecule has 0 bridgehead atoms. The number of benzene rings is 4. The highest BCUT2D eigenvalue weighted by Crippen LogP contribution is 2.38. The van der Waals surface area contributed by atoms with E-state index in [4.69, 9.17) is 28.4 Å². The molecule has 2 N–H and O–H groups in total. The number of ketones is 2. The molecule has 6 atom stereocenters. The molecule has 86 heavy (non-hydrogen) atoms. The van der Waals surface area contributed by atoms with Crippen molar-refractivity contribution in [3.05, 3.63) is 135 Å². The lowest BCUT2D eigenvalue weighted by atomic mass is 9.85. The van der Waals surface area contributed by atoms with Gasteiger partial charge in [-0.15, -0.1) is 11.3 Å². The number of hydrogen-bond donors (Lipinski definition) is 2. The number of rotatable bonds is 30. The molecule has 0 saturated carbocycles. The van der Waals surface area contributed by atoms with E-state index in [1.165, 1.54) is 26.5 Å². The van der Waals surface area contributed by atoms with E-state index < -0.39 is 59.5 Å². The summed E-state index contributed by atoms with van der Waals surface area (Å²) in [5.74, 6) is -0.689. The number of aryl methyl sites for hydroxylation is 6. The van der Waals surface area contributed by atoms with E-state index >= 15 is 0 Å². The molecule has 0 radical (unpaired) electrons. The van der Waals surface area contributed by atoms with Crippen LogP contribution in [0, 0.1) is 33.1 Å². The Morgan fingerprint density at radius 3 is 2.19 bits per heavy atom. The minimum atomic E-state index is -0.978. The molecule has 1 aromatic heterocycles. The van der Waals surface area contributed by atoms with Crippen LogP contribution in [0.25, 0.3) is 10.4 Å². The average molecular weight is 1200 g/mol. The Bertz CT molecular complexity index is 3110. The molecule has 2 saturated heterocycles. The monoisotopic (exact) mass is 1200 g/mol. The first-order valence-electron chi connectivity index (χ1n) is 30.3. The van der Waals surface area contributed by atoms with Gasteiger partial charge < -0.3 is 48.6 Å². The predicted molar refractivity (Wildman–Crippen MR) is 333 cm³/mol. The number of likely N-dealkylation sites (tertiary alicyclic amines) is 2. The topological polar surface area (TPSA) is 197 Å². The fourth-order valence-corrected chi connectivity index (χ4v) is 12.4. The van der Waals surface area contributed by atoms with Gasteiger partial charge in [-0.25, -0.2) is 4.79 Å². The zero-order valence-electron chi connectivity index (χ0n) is 52.0. The molecular formula is C69H89N3O13S. The maximum atomic E-state index is 14.5. The number of aliphatic hydroxyl groups is 1. The van der Waals surface area contributed by atoms with Crippen molar-refractivity contribution in [1.29, 1.82) is 0 Å². The number of Topliss-reactive ketones (excluding diaryl/α,β-unsaturated/α-hetero) is 2. The van der Waals surface area contributed by atoms with Crippen LogP contribution < -0.4 is 19.5 Å². The van der Waals surface area contributed by atoms with E-state index in [-0.39, 0.29) is 76.3 Å². The summed E-state index contributed by atoms with van der Waals surface area (Å²) in [5, 5.41) is 15.6. The maximum Gasteiger partial charge on any atom is 0.329 e. The Morgan fingerprint density at radius 1 is 0.733 bits per heavy atom. The quantitative estimate of drug-likeness (QED) is 0.0326. The fraction of sp³-hybridized carbons (Fsp3) is 0.507. The number of amides is 3. The van der Waals surface area contributed by atoms with Gasteiger partial charge >= 0.3 is 5.97 Å². The van der Waals surface area contributed by atoms with Crippen molar-refractivity contribution in [3.63, 3.8) is 0 Å². The molecule has 5 aromatic rings. The minimum absolute atomic E-state index is 0.000441. The van der Waals surface area contributed by atoms with Gasteiger partial charge in [0, 0.05) is 43.8 Å². The molecule has 2 aliphatic heterocycles. The summed E-state index contributed by atoms with van der Waals surface area (Å²) in [6, 6.07) is 25.1. The second-order valence-corrected chi connectivity index (χ2v) is 24.9. The normalized spacial score (nSPS) is 17.1. The SMILES string of the molecule is CC[C@H](C(=O)N1CCCC[C@H]1C(=O)O[C@H](CCc1ccc(C)c(C)c1)c1cccc(OCC(=O)CCCOCCOCC(=O)N[C@H](C(=O)N2C[C@H](O)C[C@H]2C(=O)CCc2ccc(-c3sccc3C)cc2)C(C)(C)C)c1)c1cc(C)c(OC)c(OC)c1. The summed E-state index contributed by atoms with van der Waals surface area (Å²) in [6.45, 7) is 16.1. The number of aliphatic hydroxyl groups excluding tert-OH is 1. The van der Waals surface area contributed by atoms with E-state index in [2.05, 4.69) is 67.9 Å². The first-order chi connectivity index (χ1) is 41.2. The zero-order chi connectivity index (χ0) is 62.1. The molecule has 464 valence electrons. The molecule has 3 heterocycles. The summed E-state index contributed by atoms with van der Waals surface area (Å²) < 4.78 is 35.0. The van der Waals surface area contributed by atoms with Crippen molar-refractivity contribution in [1.82, 2.24) is 15.1 Å². The van der Waals surface area contributed by atoms with Crippen molar-refractivity contribution in [2.24, 2.45) is 5.41 Å². The van der Waals surface area contributed by atoms with Crippen molar-refractivity contribution >= 4 is 46.6 Å². The van der Waals surface area contributed by atoms with Crippen molar-refractivity contribution in [2.45, 2.75) is 162 Å². The number of carbonyl (C=O) groups excluding carboxylic acids is 6. The molecule has 2 aliphatic rings. The Balaban J connectivity index is 0.855. The molecule has 2 fully saturated rings. The highest BCUT2D eigenvalue weighted by molar-refractivity contribution is 7.13. The highest BCUT2D eigenvalue weighted by Gasteiger charge is 2.44. The number of carbonyl (C=O) groups is 6. The highest BCUT2D eigenvalue weighted by atomic mass is 32.1. The van der Waals surface area contributed by atoms with Crippen LogP contribution in [0.4, 0.5) is 0 Å².